The Labute approximate surface area is 109 Å². The number of halogens is 2. The van der Waals surface area contributed by atoms with Crippen LogP contribution in [0.3, 0.4) is 0 Å². The fourth-order valence-corrected chi connectivity index (χ4v) is 2.84. The lowest BCUT2D eigenvalue weighted by Gasteiger charge is -2.32. The smallest absolute Gasteiger partial charge is 0.403 e. The Bertz CT molecular complexity index is 344. The van der Waals surface area contributed by atoms with Crippen LogP contribution in [-0.4, -0.2) is 24.2 Å². The lowest BCUT2D eigenvalue weighted by Crippen LogP contribution is -2.41. The minimum atomic E-state index is -2.68. The molecule has 0 radical (unpaired) electrons. The van der Waals surface area contributed by atoms with E-state index in [4.69, 9.17) is 9.31 Å². The number of rotatable bonds is 1. The zero-order chi connectivity index (χ0) is 14.1. The lowest BCUT2D eigenvalue weighted by atomic mass is 9.75. The molecular weight excluding hydrogens is 237 g/mol. The van der Waals surface area contributed by atoms with E-state index in [2.05, 4.69) is 0 Å². The van der Waals surface area contributed by atoms with Crippen LogP contribution in [-0.2, 0) is 9.31 Å². The quantitative estimate of drug-likeness (QED) is 0.668. The summed E-state index contributed by atoms with van der Waals surface area (Å²) in [6.45, 7) is 13.1. The van der Waals surface area contributed by atoms with Gasteiger partial charge in [-0.3, -0.25) is 0 Å². The van der Waals surface area contributed by atoms with Gasteiger partial charge in [-0.05, 0) is 33.1 Å². The largest absolute Gasteiger partial charge is 0.467 e. The van der Waals surface area contributed by atoms with E-state index in [1.165, 1.54) is 0 Å². The summed E-state index contributed by atoms with van der Waals surface area (Å²) in [4.78, 5) is 0. The summed E-state index contributed by atoms with van der Waals surface area (Å²) in [6.07, 6.45) is 0. The van der Waals surface area contributed by atoms with Crippen LogP contribution in [0.4, 0.5) is 8.78 Å². The predicted octanol–water partition coefficient (Wildman–Crippen LogP) is 3.76. The van der Waals surface area contributed by atoms with Gasteiger partial charge in [0.25, 0.3) is 5.92 Å². The molecule has 2 rings (SSSR count). The Hall–Kier alpha value is -0.155. The van der Waals surface area contributed by atoms with E-state index in [-0.39, 0.29) is 0 Å². The standard InChI is InChI=1S/C13H23BF2O2/c1-10(2,3)8-9(13(8,15)16)14-17-11(4,5)12(6,7)18-14/h8-9H,1-7H3/t8-,9+/m0/s1. The molecule has 0 aromatic carbocycles. The van der Waals surface area contributed by atoms with Crippen molar-refractivity contribution in [2.24, 2.45) is 11.3 Å². The first kappa shape index (κ1) is 14.3. The van der Waals surface area contributed by atoms with Crippen molar-refractivity contribution in [2.45, 2.75) is 71.4 Å². The van der Waals surface area contributed by atoms with Crippen LogP contribution < -0.4 is 0 Å². The van der Waals surface area contributed by atoms with Gasteiger partial charge in [-0.2, -0.15) is 0 Å². The number of alkyl halides is 2. The highest BCUT2D eigenvalue weighted by Gasteiger charge is 2.79. The predicted molar refractivity (Wildman–Crippen MR) is 67.7 cm³/mol. The molecule has 0 aromatic heterocycles. The van der Waals surface area contributed by atoms with Crippen molar-refractivity contribution in [3.8, 4) is 0 Å². The van der Waals surface area contributed by atoms with Crippen LogP contribution in [0.25, 0.3) is 0 Å². The Kier molecular flexibility index (Phi) is 2.76. The fraction of sp³-hybridized carbons (Fsp3) is 1.00. The SMILES string of the molecule is CC(C)(C)[C@@H]1[C@@H](B2OC(C)(C)C(C)(C)O2)C1(F)F. The second kappa shape index (κ2) is 3.48. The molecular formula is C13H23BF2O2. The maximum absolute atomic E-state index is 14.0. The van der Waals surface area contributed by atoms with Gasteiger partial charge in [0.15, 0.2) is 0 Å². The first-order valence-electron chi connectivity index (χ1n) is 6.54. The third-order valence-electron chi connectivity index (χ3n) is 4.61. The van der Waals surface area contributed by atoms with Crippen molar-refractivity contribution in [3.63, 3.8) is 0 Å². The Morgan fingerprint density at radius 1 is 0.944 bits per heavy atom. The van der Waals surface area contributed by atoms with Crippen LogP contribution in [0.1, 0.15) is 48.5 Å². The molecule has 0 N–H and O–H groups in total. The molecule has 2 nitrogen and oxygen atoms in total. The highest BCUT2D eigenvalue weighted by Crippen LogP contribution is 2.69. The summed E-state index contributed by atoms with van der Waals surface area (Å²) in [5.41, 5.74) is -1.52. The molecule has 1 aliphatic heterocycles. The van der Waals surface area contributed by atoms with E-state index in [1.807, 2.05) is 48.5 Å². The van der Waals surface area contributed by atoms with Gasteiger partial charge in [-0.15, -0.1) is 0 Å². The molecule has 1 heterocycles. The van der Waals surface area contributed by atoms with E-state index in [1.54, 1.807) is 0 Å². The molecule has 0 unspecified atom stereocenters. The molecule has 1 saturated heterocycles. The van der Waals surface area contributed by atoms with Gasteiger partial charge in [0.05, 0.1) is 17.0 Å². The van der Waals surface area contributed by atoms with Gasteiger partial charge in [0, 0.05) is 5.92 Å². The minimum absolute atomic E-state index is 0.433. The van der Waals surface area contributed by atoms with Crippen molar-refractivity contribution in [1.82, 2.24) is 0 Å². The van der Waals surface area contributed by atoms with E-state index >= 15 is 0 Å². The minimum Gasteiger partial charge on any atom is -0.403 e. The van der Waals surface area contributed by atoms with Gasteiger partial charge in [-0.1, -0.05) is 20.8 Å². The topological polar surface area (TPSA) is 18.5 Å². The van der Waals surface area contributed by atoms with Crippen LogP contribution in [0, 0.1) is 11.3 Å². The maximum atomic E-state index is 14.0. The lowest BCUT2D eigenvalue weighted by molar-refractivity contribution is 0.00578. The second-order valence-corrected chi connectivity index (χ2v) is 7.67. The van der Waals surface area contributed by atoms with Gasteiger partial charge < -0.3 is 9.31 Å². The van der Waals surface area contributed by atoms with Gasteiger partial charge in [-0.25, -0.2) is 8.78 Å². The molecule has 0 amide bonds. The number of hydrogen-bond donors (Lipinski definition) is 0. The molecule has 2 atom stereocenters. The van der Waals surface area contributed by atoms with Crippen molar-refractivity contribution in [2.75, 3.05) is 0 Å². The van der Waals surface area contributed by atoms with E-state index < -0.39 is 41.4 Å². The first-order chi connectivity index (χ1) is 7.81. The molecule has 1 aliphatic carbocycles. The third kappa shape index (κ3) is 1.90. The summed E-state index contributed by atoms with van der Waals surface area (Å²) < 4.78 is 39.4. The third-order valence-corrected chi connectivity index (χ3v) is 4.61. The van der Waals surface area contributed by atoms with Crippen LogP contribution in [0.2, 0.25) is 5.82 Å². The summed E-state index contributed by atoms with van der Waals surface area (Å²) >= 11 is 0. The normalized spacial score (nSPS) is 36.8. The fourth-order valence-electron chi connectivity index (χ4n) is 2.84. The summed E-state index contributed by atoms with van der Waals surface area (Å²) in [6, 6.07) is 0. The zero-order valence-electron chi connectivity index (χ0n) is 12.3. The molecule has 0 spiro atoms. The van der Waals surface area contributed by atoms with E-state index in [9.17, 15) is 8.78 Å². The Morgan fingerprint density at radius 3 is 1.61 bits per heavy atom. The number of hydrogen-bond acceptors (Lipinski definition) is 2. The van der Waals surface area contributed by atoms with Gasteiger partial charge in [0.2, 0.25) is 0 Å². The molecule has 104 valence electrons. The van der Waals surface area contributed by atoms with Crippen LogP contribution in [0.5, 0.6) is 0 Å². The molecule has 0 aromatic rings. The van der Waals surface area contributed by atoms with Gasteiger partial charge in [0.1, 0.15) is 0 Å². The highest BCUT2D eigenvalue weighted by atomic mass is 19.3. The molecule has 18 heavy (non-hydrogen) atoms. The van der Waals surface area contributed by atoms with Crippen LogP contribution >= 0.6 is 0 Å². The molecule has 5 heteroatoms. The van der Waals surface area contributed by atoms with Crippen molar-refractivity contribution in [1.29, 1.82) is 0 Å². The van der Waals surface area contributed by atoms with Gasteiger partial charge >= 0.3 is 7.12 Å². The first-order valence-corrected chi connectivity index (χ1v) is 6.54. The Morgan fingerprint density at radius 2 is 1.33 bits per heavy atom. The van der Waals surface area contributed by atoms with Crippen molar-refractivity contribution < 1.29 is 18.1 Å². The monoisotopic (exact) mass is 260 g/mol. The summed E-state index contributed by atoms with van der Waals surface area (Å²) in [5, 5.41) is 0. The zero-order valence-corrected chi connectivity index (χ0v) is 12.3. The van der Waals surface area contributed by atoms with E-state index in [0.29, 0.717) is 0 Å². The summed E-state index contributed by atoms with van der Waals surface area (Å²) in [7, 11) is -0.797. The van der Waals surface area contributed by atoms with E-state index in [0.717, 1.165) is 0 Å². The molecule has 2 aliphatic rings. The van der Waals surface area contributed by atoms with Crippen molar-refractivity contribution >= 4 is 7.12 Å². The average Bonchev–Trinajstić information content (AvgIpc) is 2.58. The van der Waals surface area contributed by atoms with Crippen molar-refractivity contribution in [3.05, 3.63) is 0 Å². The van der Waals surface area contributed by atoms with Crippen LogP contribution in [0.15, 0.2) is 0 Å². The molecule has 0 bridgehead atoms. The molecule has 1 saturated carbocycles. The Balaban J connectivity index is 2.18. The average molecular weight is 260 g/mol. The molecule has 2 fully saturated rings. The maximum Gasteiger partial charge on any atom is 0.467 e. The highest BCUT2D eigenvalue weighted by molar-refractivity contribution is 6.49. The summed E-state index contributed by atoms with van der Waals surface area (Å²) in [5.74, 6) is -4.17. The second-order valence-electron chi connectivity index (χ2n) is 7.67.